The van der Waals surface area contributed by atoms with Crippen molar-refractivity contribution in [2.75, 3.05) is 26.6 Å². The van der Waals surface area contributed by atoms with E-state index < -0.39 is 50.9 Å². The summed E-state index contributed by atoms with van der Waals surface area (Å²) in [6.07, 6.45) is 6.47. The highest BCUT2D eigenvalue weighted by Gasteiger charge is 2.27. The Kier molecular flexibility index (Phi) is 10.5. The monoisotopic (exact) mass is 613 g/mol. The Morgan fingerprint density at radius 3 is 2.63 bits per heavy atom. The molecule has 2 heterocycles. The van der Waals surface area contributed by atoms with Gasteiger partial charge in [0, 0.05) is 18.3 Å². The van der Waals surface area contributed by atoms with Gasteiger partial charge in [-0.1, -0.05) is 18.7 Å². The molecule has 1 aromatic carbocycles. The summed E-state index contributed by atoms with van der Waals surface area (Å²) in [6, 6.07) is 4.95. The number of carbonyl (C=O) groups is 1. The Balaban J connectivity index is 2.06. The molecule has 2 aromatic heterocycles. The summed E-state index contributed by atoms with van der Waals surface area (Å²) in [7, 11) is -3.72. The average Bonchev–Trinajstić information content (AvgIpc) is 3.31. The van der Waals surface area contributed by atoms with Crippen LogP contribution in [0, 0.1) is 0 Å². The predicted molar refractivity (Wildman–Crippen MR) is 144 cm³/mol. The SMILES string of the molecule is C=C/C=C(\C=C/CS(=O)(=O)n1c(S(=O)Cc2nccc(OC)c2OC)nc2cc(OC(F)F)ccc21)OCC(=O)O. The smallest absolute Gasteiger partial charge is 0.387 e. The molecule has 16 heteroatoms. The van der Waals surface area contributed by atoms with Gasteiger partial charge in [-0.2, -0.15) is 8.78 Å². The van der Waals surface area contributed by atoms with E-state index in [0.717, 1.165) is 16.1 Å². The molecule has 220 valence electrons. The number of nitrogens with zero attached hydrogens (tertiary/aromatic N) is 3. The van der Waals surface area contributed by atoms with Gasteiger partial charge in [-0.25, -0.2) is 22.2 Å². The number of aliphatic carboxylic acids is 1. The molecule has 1 N–H and O–H groups in total. The number of halogens is 2. The van der Waals surface area contributed by atoms with E-state index in [9.17, 15) is 26.2 Å². The Hall–Kier alpha value is -4.31. The van der Waals surface area contributed by atoms with Crippen LogP contribution in [0.2, 0.25) is 0 Å². The van der Waals surface area contributed by atoms with Gasteiger partial charge >= 0.3 is 12.6 Å². The summed E-state index contributed by atoms with van der Waals surface area (Å²) < 4.78 is 86.9. The summed E-state index contributed by atoms with van der Waals surface area (Å²) in [5.41, 5.74) is 0.0807. The number of imidazole rings is 1. The van der Waals surface area contributed by atoms with Crippen molar-refractivity contribution in [3.63, 3.8) is 0 Å². The molecule has 0 saturated heterocycles. The van der Waals surface area contributed by atoms with Crippen molar-refractivity contribution < 1.29 is 50.3 Å². The van der Waals surface area contributed by atoms with Crippen molar-refractivity contribution in [2.24, 2.45) is 0 Å². The third kappa shape index (κ3) is 7.88. The first-order chi connectivity index (χ1) is 19.5. The normalized spacial score (nSPS) is 13.0. The lowest BCUT2D eigenvalue weighted by Gasteiger charge is -2.12. The number of allylic oxidation sites excluding steroid dienone is 3. The first-order valence-corrected chi connectivity index (χ1v) is 14.4. The van der Waals surface area contributed by atoms with Crippen molar-refractivity contribution in [3.8, 4) is 17.2 Å². The molecule has 0 bridgehead atoms. The second-order valence-corrected chi connectivity index (χ2v) is 11.0. The largest absolute Gasteiger partial charge is 0.493 e. The second-order valence-electron chi connectivity index (χ2n) is 7.84. The first kappa shape index (κ1) is 31.2. The van der Waals surface area contributed by atoms with Crippen molar-refractivity contribution in [3.05, 3.63) is 72.8 Å². The number of carboxylic acid groups (broad SMARTS) is 1. The quantitative estimate of drug-likeness (QED) is 0.198. The van der Waals surface area contributed by atoms with Crippen molar-refractivity contribution in [2.45, 2.75) is 17.5 Å². The molecule has 0 amide bonds. The number of hydrogen-bond acceptors (Lipinski definition) is 10. The summed E-state index contributed by atoms with van der Waals surface area (Å²) in [4.78, 5) is 19.2. The van der Waals surface area contributed by atoms with Crippen molar-refractivity contribution >= 4 is 37.8 Å². The minimum absolute atomic E-state index is 0.0295. The highest BCUT2D eigenvalue weighted by atomic mass is 32.2. The molecule has 0 spiro atoms. The van der Waals surface area contributed by atoms with Crippen molar-refractivity contribution in [1.29, 1.82) is 0 Å². The Morgan fingerprint density at radius 1 is 1.24 bits per heavy atom. The molecular formula is C25H25F2N3O9S2. The van der Waals surface area contributed by atoms with Gasteiger partial charge in [0.1, 0.15) is 11.5 Å². The molecule has 1 unspecified atom stereocenters. The predicted octanol–water partition coefficient (Wildman–Crippen LogP) is 3.26. The van der Waals surface area contributed by atoms with E-state index in [-0.39, 0.29) is 39.7 Å². The number of alkyl halides is 2. The van der Waals surface area contributed by atoms with Gasteiger partial charge in [-0.3, -0.25) is 9.19 Å². The number of rotatable bonds is 15. The van der Waals surface area contributed by atoms with Crippen LogP contribution in [0.4, 0.5) is 8.78 Å². The van der Waals surface area contributed by atoms with E-state index in [4.69, 9.17) is 19.3 Å². The summed E-state index contributed by atoms with van der Waals surface area (Å²) >= 11 is 0. The zero-order valence-corrected chi connectivity index (χ0v) is 23.4. The maximum Gasteiger partial charge on any atom is 0.387 e. The number of hydrogen-bond donors (Lipinski definition) is 1. The van der Waals surface area contributed by atoms with Gasteiger partial charge in [0.25, 0.3) is 0 Å². The Morgan fingerprint density at radius 2 is 2.00 bits per heavy atom. The van der Waals surface area contributed by atoms with Crippen molar-refractivity contribution in [1.82, 2.24) is 13.9 Å². The van der Waals surface area contributed by atoms with E-state index in [1.165, 1.54) is 56.9 Å². The summed E-state index contributed by atoms with van der Waals surface area (Å²) in [5, 5.41) is 8.42. The molecule has 12 nitrogen and oxygen atoms in total. The van der Waals surface area contributed by atoms with Crippen LogP contribution in [0.5, 0.6) is 17.2 Å². The second kappa shape index (κ2) is 13.8. The van der Waals surface area contributed by atoms with E-state index in [1.54, 1.807) is 0 Å². The highest BCUT2D eigenvalue weighted by Crippen LogP contribution is 2.32. The number of pyridine rings is 1. The highest BCUT2D eigenvalue weighted by molar-refractivity contribution is 7.91. The Bertz CT molecular complexity index is 1620. The van der Waals surface area contributed by atoms with Gasteiger partial charge in [-0.15, -0.1) is 0 Å². The number of methoxy groups -OCH3 is 2. The standard InChI is InChI=1S/C25H25F2N3O9S2/c1-4-6-16(38-14-22(31)32)7-5-12-41(34,35)30-20-9-8-17(39-24(26)27)13-18(20)29-25(30)40(33)15-19-23(37-3)21(36-2)10-11-28-19/h4-11,13,24H,1,12,14-15H2,2-3H3,(H,31,32)/b7-5-,16-6+. The van der Waals surface area contributed by atoms with Crippen LogP contribution in [0.3, 0.4) is 0 Å². The van der Waals surface area contributed by atoms with Crippen LogP contribution < -0.4 is 14.2 Å². The molecule has 3 aromatic rings. The van der Waals surface area contributed by atoms with Crippen LogP contribution >= 0.6 is 0 Å². The molecule has 1 atom stereocenters. The van der Waals surface area contributed by atoms with Gasteiger partial charge < -0.3 is 24.1 Å². The number of fused-ring (bicyclic) bond motifs is 1. The fourth-order valence-corrected chi connectivity index (χ4v) is 6.40. The topological polar surface area (TPSA) is 156 Å². The van der Waals surface area contributed by atoms with Crippen LogP contribution in [-0.4, -0.2) is 70.8 Å². The van der Waals surface area contributed by atoms with E-state index in [2.05, 4.69) is 21.3 Å². The summed E-state index contributed by atoms with van der Waals surface area (Å²) in [5.74, 6) is -1.99. The minimum Gasteiger partial charge on any atom is -0.493 e. The number of carboxylic acids is 1. The fourth-order valence-electron chi connectivity index (χ4n) is 3.52. The number of benzene rings is 1. The number of aromatic nitrogens is 3. The lowest BCUT2D eigenvalue weighted by Crippen LogP contribution is -2.19. The molecule has 0 fully saturated rings. The first-order valence-electron chi connectivity index (χ1n) is 11.5. The van der Waals surface area contributed by atoms with E-state index >= 15 is 0 Å². The molecule has 3 rings (SSSR count). The zero-order valence-electron chi connectivity index (χ0n) is 21.7. The Labute approximate surface area is 236 Å². The van der Waals surface area contributed by atoms with E-state index in [0.29, 0.717) is 5.75 Å². The average molecular weight is 614 g/mol. The molecule has 0 aliphatic rings. The lowest BCUT2D eigenvalue weighted by molar-refractivity contribution is -0.140. The van der Waals surface area contributed by atoms with Crippen LogP contribution in [-0.2, 0) is 36.1 Å². The maximum atomic E-state index is 13.6. The maximum absolute atomic E-state index is 13.6. The molecule has 41 heavy (non-hydrogen) atoms. The third-order valence-corrected chi connectivity index (χ3v) is 8.00. The molecule has 0 saturated carbocycles. The fraction of sp³-hybridized carbons (Fsp3) is 0.240. The van der Waals surface area contributed by atoms with Crippen LogP contribution in [0.15, 0.2) is 72.3 Å². The van der Waals surface area contributed by atoms with Gasteiger partial charge in [-0.05, 0) is 24.3 Å². The molecular weight excluding hydrogens is 588 g/mol. The lowest BCUT2D eigenvalue weighted by atomic mass is 10.3. The van der Waals surface area contributed by atoms with Gasteiger partial charge in [0.2, 0.25) is 15.2 Å². The molecule has 0 aliphatic carbocycles. The number of ether oxygens (including phenoxy) is 4. The van der Waals surface area contributed by atoms with E-state index in [1.807, 2.05) is 0 Å². The zero-order chi connectivity index (χ0) is 30.2. The molecule has 0 aliphatic heterocycles. The van der Waals surface area contributed by atoms with Gasteiger partial charge in [0.05, 0.1) is 53.3 Å². The van der Waals surface area contributed by atoms with Gasteiger partial charge in [0.15, 0.2) is 18.1 Å². The van der Waals surface area contributed by atoms with Crippen LogP contribution in [0.25, 0.3) is 11.0 Å². The third-order valence-electron chi connectivity index (χ3n) is 5.13. The van der Waals surface area contributed by atoms with Crippen LogP contribution in [0.1, 0.15) is 5.69 Å². The minimum atomic E-state index is -4.33. The summed E-state index contributed by atoms with van der Waals surface area (Å²) in [6.45, 7) is -0.313. The molecule has 0 radical (unpaired) electrons.